The van der Waals surface area contributed by atoms with Crippen LogP contribution in [0.15, 0.2) is 0 Å². The summed E-state index contributed by atoms with van der Waals surface area (Å²) in [6, 6.07) is 0. The summed E-state index contributed by atoms with van der Waals surface area (Å²) in [6.07, 6.45) is 3.88. The second-order valence-electron chi connectivity index (χ2n) is 5.33. The molecule has 94 valence electrons. The van der Waals surface area contributed by atoms with E-state index in [4.69, 9.17) is 4.74 Å². The Bertz CT molecular complexity index is 250. The Morgan fingerprint density at radius 1 is 1.38 bits per heavy atom. The summed E-state index contributed by atoms with van der Waals surface area (Å²) < 4.78 is 4.76. The molecule has 0 amide bonds. The van der Waals surface area contributed by atoms with Gasteiger partial charge in [0, 0.05) is 0 Å². The summed E-state index contributed by atoms with van der Waals surface area (Å²) in [5.41, 5.74) is -0.875. The number of ether oxygens (including phenoxy) is 1. The lowest BCUT2D eigenvalue weighted by molar-refractivity contribution is -0.165. The topological polar surface area (TPSA) is 46.5 Å². The van der Waals surface area contributed by atoms with Crippen LogP contribution in [0.4, 0.5) is 0 Å². The van der Waals surface area contributed by atoms with Crippen LogP contribution in [0, 0.1) is 17.8 Å². The zero-order valence-corrected chi connectivity index (χ0v) is 10.8. The van der Waals surface area contributed by atoms with Gasteiger partial charge in [0.05, 0.1) is 18.6 Å². The van der Waals surface area contributed by atoms with E-state index in [1.165, 1.54) is 7.11 Å². The Balaban J connectivity index is 2.89. The molecule has 3 unspecified atom stereocenters. The van der Waals surface area contributed by atoms with Crippen molar-refractivity contribution in [1.82, 2.24) is 0 Å². The van der Waals surface area contributed by atoms with Gasteiger partial charge < -0.3 is 9.84 Å². The number of aliphatic hydroxyl groups is 1. The number of hydrogen-bond donors (Lipinski definition) is 1. The van der Waals surface area contributed by atoms with E-state index < -0.39 is 11.5 Å². The van der Waals surface area contributed by atoms with Crippen LogP contribution < -0.4 is 0 Å². The van der Waals surface area contributed by atoms with Gasteiger partial charge in [-0.2, -0.15) is 0 Å². The second-order valence-corrected chi connectivity index (χ2v) is 5.33. The van der Waals surface area contributed by atoms with Crippen molar-refractivity contribution in [1.29, 1.82) is 0 Å². The molecule has 0 aliphatic heterocycles. The van der Waals surface area contributed by atoms with E-state index in [9.17, 15) is 9.90 Å². The highest BCUT2D eigenvalue weighted by Gasteiger charge is 2.47. The van der Waals surface area contributed by atoms with Crippen LogP contribution in [-0.2, 0) is 9.53 Å². The third-order valence-electron chi connectivity index (χ3n) is 4.09. The molecule has 1 saturated carbocycles. The fraction of sp³-hybridized carbons (Fsp3) is 0.923. The van der Waals surface area contributed by atoms with Crippen LogP contribution in [0.3, 0.4) is 0 Å². The van der Waals surface area contributed by atoms with Gasteiger partial charge in [-0.1, -0.05) is 26.7 Å². The molecular weight excluding hydrogens is 204 g/mol. The molecule has 0 spiro atoms. The number of esters is 1. The van der Waals surface area contributed by atoms with E-state index >= 15 is 0 Å². The second kappa shape index (κ2) is 5.17. The number of carbonyl (C=O) groups is 1. The highest BCUT2D eigenvalue weighted by molar-refractivity contribution is 5.73. The third kappa shape index (κ3) is 2.40. The molecule has 0 aromatic carbocycles. The van der Waals surface area contributed by atoms with E-state index in [2.05, 4.69) is 13.8 Å². The quantitative estimate of drug-likeness (QED) is 0.754. The normalized spacial score (nSPS) is 32.5. The van der Waals surface area contributed by atoms with Crippen molar-refractivity contribution in [3.05, 3.63) is 0 Å². The van der Waals surface area contributed by atoms with Crippen LogP contribution in [0.25, 0.3) is 0 Å². The largest absolute Gasteiger partial charge is 0.469 e. The first kappa shape index (κ1) is 13.5. The highest BCUT2D eigenvalue weighted by Crippen LogP contribution is 2.43. The summed E-state index contributed by atoms with van der Waals surface area (Å²) in [7, 11) is 1.38. The van der Waals surface area contributed by atoms with Gasteiger partial charge in [-0.3, -0.25) is 4.79 Å². The molecule has 3 heteroatoms. The van der Waals surface area contributed by atoms with E-state index in [0.717, 1.165) is 19.3 Å². The predicted octanol–water partition coefficient (Wildman–Crippen LogP) is 2.37. The molecule has 3 nitrogen and oxygen atoms in total. The van der Waals surface area contributed by atoms with Crippen molar-refractivity contribution < 1.29 is 14.6 Å². The number of methoxy groups -OCH3 is 1. The molecule has 1 N–H and O–H groups in total. The monoisotopic (exact) mass is 228 g/mol. The molecule has 3 atom stereocenters. The average Bonchev–Trinajstić information content (AvgIpc) is 2.27. The standard InChI is InChI=1S/C13H24O3/c1-9(2)11-7-5-6-8-13(11,15)10(3)12(14)16-4/h9-11,15H,5-8H2,1-4H3. The Morgan fingerprint density at radius 3 is 2.50 bits per heavy atom. The molecule has 0 saturated heterocycles. The summed E-state index contributed by atoms with van der Waals surface area (Å²) in [5.74, 6) is -0.118. The van der Waals surface area contributed by atoms with E-state index in [-0.39, 0.29) is 11.9 Å². The van der Waals surface area contributed by atoms with Crippen molar-refractivity contribution in [2.45, 2.75) is 52.1 Å². The Morgan fingerprint density at radius 2 is 2.00 bits per heavy atom. The van der Waals surface area contributed by atoms with Crippen molar-refractivity contribution in [3.63, 3.8) is 0 Å². The Labute approximate surface area is 98.2 Å². The maximum Gasteiger partial charge on any atom is 0.311 e. The molecule has 0 aromatic rings. The highest BCUT2D eigenvalue weighted by atomic mass is 16.5. The van der Waals surface area contributed by atoms with Crippen LogP contribution in [-0.4, -0.2) is 23.8 Å². The van der Waals surface area contributed by atoms with Crippen molar-refractivity contribution in [3.8, 4) is 0 Å². The van der Waals surface area contributed by atoms with Crippen LogP contribution in [0.1, 0.15) is 46.5 Å². The number of rotatable bonds is 3. The minimum Gasteiger partial charge on any atom is -0.469 e. The van der Waals surface area contributed by atoms with Gasteiger partial charge in [0.2, 0.25) is 0 Å². The van der Waals surface area contributed by atoms with E-state index in [0.29, 0.717) is 12.3 Å². The summed E-state index contributed by atoms with van der Waals surface area (Å²) in [6.45, 7) is 6.02. The first-order valence-electron chi connectivity index (χ1n) is 6.23. The van der Waals surface area contributed by atoms with E-state index in [1.54, 1.807) is 6.92 Å². The van der Waals surface area contributed by atoms with Gasteiger partial charge in [0.1, 0.15) is 0 Å². The molecular formula is C13H24O3. The first-order valence-corrected chi connectivity index (χ1v) is 6.23. The fourth-order valence-electron chi connectivity index (χ4n) is 3.04. The summed E-state index contributed by atoms with van der Waals surface area (Å²) >= 11 is 0. The SMILES string of the molecule is COC(=O)C(C)C1(O)CCCCC1C(C)C. The van der Waals surface area contributed by atoms with Gasteiger partial charge in [-0.05, 0) is 31.6 Å². The van der Waals surface area contributed by atoms with E-state index in [1.807, 2.05) is 0 Å². The van der Waals surface area contributed by atoms with Crippen LogP contribution in [0.5, 0.6) is 0 Å². The predicted molar refractivity (Wildman–Crippen MR) is 62.9 cm³/mol. The lowest BCUT2D eigenvalue weighted by Gasteiger charge is -2.45. The van der Waals surface area contributed by atoms with Gasteiger partial charge in [0.25, 0.3) is 0 Å². The van der Waals surface area contributed by atoms with Crippen LogP contribution >= 0.6 is 0 Å². The van der Waals surface area contributed by atoms with Crippen molar-refractivity contribution >= 4 is 5.97 Å². The molecule has 1 fully saturated rings. The average molecular weight is 228 g/mol. The maximum absolute atomic E-state index is 11.6. The van der Waals surface area contributed by atoms with Crippen LogP contribution in [0.2, 0.25) is 0 Å². The fourth-order valence-corrected chi connectivity index (χ4v) is 3.04. The molecule has 16 heavy (non-hydrogen) atoms. The molecule has 1 aliphatic rings. The third-order valence-corrected chi connectivity index (χ3v) is 4.09. The molecule has 0 radical (unpaired) electrons. The minimum absolute atomic E-state index is 0.204. The number of carbonyl (C=O) groups excluding carboxylic acids is 1. The Hall–Kier alpha value is -0.570. The Kier molecular flexibility index (Phi) is 4.36. The maximum atomic E-state index is 11.6. The molecule has 0 aromatic heterocycles. The zero-order valence-electron chi connectivity index (χ0n) is 10.8. The molecule has 0 heterocycles. The summed E-state index contributed by atoms with van der Waals surface area (Å²) in [5, 5.41) is 10.8. The summed E-state index contributed by atoms with van der Waals surface area (Å²) in [4.78, 5) is 11.6. The van der Waals surface area contributed by atoms with Gasteiger partial charge >= 0.3 is 5.97 Å². The van der Waals surface area contributed by atoms with Gasteiger partial charge in [-0.25, -0.2) is 0 Å². The van der Waals surface area contributed by atoms with Gasteiger partial charge in [-0.15, -0.1) is 0 Å². The lowest BCUT2D eigenvalue weighted by Crippen LogP contribution is -2.51. The minimum atomic E-state index is -0.875. The zero-order chi connectivity index (χ0) is 12.3. The molecule has 1 aliphatic carbocycles. The van der Waals surface area contributed by atoms with Crippen molar-refractivity contribution in [2.75, 3.05) is 7.11 Å². The number of hydrogen-bond acceptors (Lipinski definition) is 3. The smallest absolute Gasteiger partial charge is 0.311 e. The lowest BCUT2D eigenvalue weighted by atomic mass is 9.65. The van der Waals surface area contributed by atoms with Gasteiger partial charge in [0.15, 0.2) is 0 Å². The molecule has 1 rings (SSSR count). The first-order chi connectivity index (χ1) is 7.43. The van der Waals surface area contributed by atoms with Crippen molar-refractivity contribution in [2.24, 2.45) is 17.8 Å². The molecule has 0 bridgehead atoms.